The third kappa shape index (κ3) is 6.76. The van der Waals surface area contributed by atoms with Gasteiger partial charge < -0.3 is 14.1 Å². The largest absolute Gasteiger partial charge is 0.456 e. The lowest BCUT2D eigenvalue weighted by molar-refractivity contribution is 0.332. The molecule has 0 bridgehead atoms. The number of hydrogen-bond donors (Lipinski definition) is 0. The molecule has 4 heteroatoms. The fourth-order valence-electron chi connectivity index (χ4n) is 12.5. The molecule has 0 fully saturated rings. The molecular formula is C66H65BN2O. The maximum absolute atomic E-state index is 6.89. The lowest BCUT2D eigenvalue weighted by Gasteiger charge is -2.48. The van der Waals surface area contributed by atoms with Crippen molar-refractivity contribution >= 4 is 68.1 Å². The molecule has 0 unspecified atom stereocenters. The van der Waals surface area contributed by atoms with Gasteiger partial charge in [0.2, 0.25) is 0 Å². The Kier molecular flexibility index (Phi) is 9.75. The molecule has 0 saturated heterocycles. The number of fused-ring (bicyclic) bond motifs is 9. The number of aryl methyl sites for hydroxylation is 2. The fraction of sp³-hybridized carbons (Fsp3) is 0.273. The van der Waals surface area contributed by atoms with Crippen molar-refractivity contribution in [1.82, 2.24) is 0 Å². The van der Waals surface area contributed by atoms with Gasteiger partial charge in [-0.1, -0.05) is 154 Å². The molecule has 0 radical (unpaired) electrons. The highest BCUT2D eigenvalue weighted by Gasteiger charge is 2.49. The minimum absolute atomic E-state index is 0.00947. The number of rotatable bonds is 4. The molecule has 0 amide bonds. The number of benzene rings is 8. The van der Waals surface area contributed by atoms with Crippen LogP contribution in [0.1, 0.15) is 115 Å². The smallest absolute Gasteiger partial charge is 0.333 e. The van der Waals surface area contributed by atoms with E-state index in [1.807, 2.05) is 0 Å². The topological polar surface area (TPSA) is 19.6 Å². The lowest BCUT2D eigenvalue weighted by Crippen LogP contribution is -2.62. The zero-order valence-corrected chi connectivity index (χ0v) is 43.2. The highest BCUT2D eigenvalue weighted by molar-refractivity contribution is 6.95. The van der Waals surface area contributed by atoms with Gasteiger partial charge in [0.15, 0.2) is 0 Å². The summed E-state index contributed by atoms with van der Waals surface area (Å²) in [5.41, 5.74) is 26.0. The van der Waals surface area contributed by atoms with Crippen LogP contribution in [0.4, 0.5) is 28.4 Å². The van der Waals surface area contributed by atoms with E-state index in [1.54, 1.807) is 0 Å². The molecule has 1 aliphatic carbocycles. The summed E-state index contributed by atoms with van der Waals surface area (Å²) in [6, 6.07) is 58.2. The second kappa shape index (κ2) is 15.4. The van der Waals surface area contributed by atoms with Crippen molar-refractivity contribution < 1.29 is 4.42 Å². The van der Waals surface area contributed by atoms with E-state index in [0.29, 0.717) is 0 Å². The van der Waals surface area contributed by atoms with E-state index in [1.165, 1.54) is 106 Å². The van der Waals surface area contributed by atoms with Gasteiger partial charge >= 0.3 is 6.85 Å². The Labute approximate surface area is 416 Å². The minimum atomic E-state index is -0.201. The summed E-state index contributed by atoms with van der Waals surface area (Å²) < 4.78 is 6.89. The molecule has 1 aromatic heterocycles. The highest BCUT2D eigenvalue weighted by Crippen LogP contribution is 2.55. The molecule has 12 rings (SSSR count). The van der Waals surface area contributed by atoms with Crippen LogP contribution < -0.4 is 20.6 Å². The second-order valence-electron chi connectivity index (χ2n) is 24.1. The lowest BCUT2D eigenvalue weighted by atomic mass is 9.42. The maximum atomic E-state index is 6.89. The Bertz CT molecular complexity index is 3580. The van der Waals surface area contributed by atoms with Gasteiger partial charge in [-0.3, -0.25) is 0 Å². The average Bonchev–Trinajstić information content (AvgIpc) is 3.71. The van der Waals surface area contributed by atoms with Crippen molar-refractivity contribution in [2.75, 3.05) is 9.71 Å². The number of para-hydroxylation sites is 1. The molecule has 9 aromatic rings. The first-order valence-corrected chi connectivity index (χ1v) is 25.6. The van der Waals surface area contributed by atoms with Crippen molar-refractivity contribution in [2.24, 2.45) is 0 Å². The standard InChI is InChI=1S/C66H65BN2O/c1-40-19-18-20-41(2)59(40)43-35-50-49-38-51-52(66(11,12)34-33-65(51,9)10)39-55(49)69(46-28-25-44(26-29-46)63(3,4)5)67-61(50)56(36-43)68(54-31-32-58-60(62(54)67)47-23-16-17-24-57(47)70-58)53-30-27-45(64(6,7)8)37-48(53)42-21-14-13-15-22-42/h13-32,35-39H,33-34H2,1-12H3. The molecule has 70 heavy (non-hydrogen) atoms. The summed E-state index contributed by atoms with van der Waals surface area (Å²) in [6.45, 7) is 28.1. The summed E-state index contributed by atoms with van der Waals surface area (Å²) in [7, 11) is 0. The summed E-state index contributed by atoms with van der Waals surface area (Å²) in [5, 5.41) is 2.31. The van der Waals surface area contributed by atoms with Crippen molar-refractivity contribution in [2.45, 2.75) is 118 Å². The predicted octanol–water partition coefficient (Wildman–Crippen LogP) is 17.2. The van der Waals surface area contributed by atoms with Crippen molar-refractivity contribution in [1.29, 1.82) is 0 Å². The van der Waals surface area contributed by atoms with Crippen LogP contribution in [0, 0.1) is 13.8 Å². The van der Waals surface area contributed by atoms with Gasteiger partial charge in [-0.15, -0.1) is 0 Å². The van der Waals surface area contributed by atoms with E-state index >= 15 is 0 Å². The third-order valence-corrected chi connectivity index (χ3v) is 16.5. The summed E-state index contributed by atoms with van der Waals surface area (Å²) in [4.78, 5) is 5.36. The van der Waals surface area contributed by atoms with Gasteiger partial charge in [-0.25, -0.2) is 0 Å². The molecular weight excluding hydrogens is 848 g/mol. The zero-order chi connectivity index (χ0) is 48.8. The van der Waals surface area contributed by atoms with Gasteiger partial charge in [-0.2, -0.15) is 0 Å². The summed E-state index contributed by atoms with van der Waals surface area (Å²) in [5.74, 6) is 0. The van der Waals surface area contributed by atoms with Crippen LogP contribution in [0.25, 0.3) is 55.3 Å². The molecule has 2 aliphatic heterocycles. The van der Waals surface area contributed by atoms with Gasteiger partial charge in [0.1, 0.15) is 11.2 Å². The number of anilines is 5. The van der Waals surface area contributed by atoms with Gasteiger partial charge in [0, 0.05) is 44.6 Å². The van der Waals surface area contributed by atoms with E-state index in [-0.39, 0.29) is 28.5 Å². The summed E-state index contributed by atoms with van der Waals surface area (Å²) >= 11 is 0. The van der Waals surface area contributed by atoms with Crippen LogP contribution in [0.2, 0.25) is 0 Å². The Balaban J connectivity index is 1.29. The molecule has 0 atom stereocenters. The Morgan fingerprint density at radius 1 is 0.486 bits per heavy atom. The Hall–Kier alpha value is -6.78. The normalized spacial score (nSPS) is 15.7. The highest BCUT2D eigenvalue weighted by atomic mass is 16.3. The quantitative estimate of drug-likeness (QED) is 0.164. The molecule has 0 saturated carbocycles. The number of nitrogens with zero attached hydrogens (tertiary/aromatic N) is 2. The molecule has 3 aliphatic rings. The average molecular weight is 913 g/mol. The first kappa shape index (κ1) is 44.4. The minimum Gasteiger partial charge on any atom is -0.456 e. The van der Waals surface area contributed by atoms with E-state index in [4.69, 9.17) is 4.42 Å². The van der Waals surface area contributed by atoms with Crippen LogP contribution in [-0.2, 0) is 21.7 Å². The van der Waals surface area contributed by atoms with E-state index in [2.05, 4.69) is 244 Å². The fourth-order valence-corrected chi connectivity index (χ4v) is 12.5. The summed E-state index contributed by atoms with van der Waals surface area (Å²) in [6.07, 6.45) is 2.29. The molecule has 0 spiro atoms. The maximum Gasteiger partial charge on any atom is 0.333 e. The van der Waals surface area contributed by atoms with Crippen molar-refractivity contribution in [3.8, 4) is 33.4 Å². The molecule has 3 nitrogen and oxygen atoms in total. The van der Waals surface area contributed by atoms with Crippen LogP contribution in [0.3, 0.4) is 0 Å². The number of furan rings is 1. The first-order valence-electron chi connectivity index (χ1n) is 25.6. The van der Waals surface area contributed by atoms with Gasteiger partial charge in [-0.05, 0) is 182 Å². The predicted molar refractivity (Wildman–Crippen MR) is 300 cm³/mol. The first-order chi connectivity index (χ1) is 33.3. The van der Waals surface area contributed by atoms with Crippen LogP contribution >= 0.6 is 0 Å². The molecule has 348 valence electrons. The third-order valence-electron chi connectivity index (χ3n) is 16.5. The molecule has 0 N–H and O–H groups in total. The molecule has 8 aromatic carbocycles. The van der Waals surface area contributed by atoms with Crippen molar-refractivity contribution in [3.63, 3.8) is 0 Å². The number of hydrogen-bond acceptors (Lipinski definition) is 3. The van der Waals surface area contributed by atoms with Crippen LogP contribution in [0.5, 0.6) is 0 Å². The van der Waals surface area contributed by atoms with Crippen LogP contribution in [-0.4, -0.2) is 6.85 Å². The van der Waals surface area contributed by atoms with Gasteiger partial charge in [0.05, 0.1) is 5.69 Å². The Morgan fingerprint density at radius 2 is 1.11 bits per heavy atom. The molecule has 3 heterocycles. The van der Waals surface area contributed by atoms with E-state index in [0.717, 1.165) is 35.1 Å². The van der Waals surface area contributed by atoms with E-state index < -0.39 is 0 Å². The monoisotopic (exact) mass is 913 g/mol. The van der Waals surface area contributed by atoms with E-state index in [9.17, 15) is 0 Å². The van der Waals surface area contributed by atoms with Crippen LogP contribution in [0.15, 0.2) is 156 Å². The zero-order valence-electron chi connectivity index (χ0n) is 43.2. The SMILES string of the molecule is Cc1cccc(C)c1-c1cc2c3c(c1)N(c1ccc(C(C)(C)C)cc1-c1ccccc1)c1ccc4oc5ccccc5c4c1B3N(c1ccc(C(C)(C)C)cc1)c1cc3c(cc1-2)C(C)(C)CCC3(C)C. The second-order valence-corrected chi connectivity index (χ2v) is 24.1. The Morgan fingerprint density at radius 3 is 1.80 bits per heavy atom. The van der Waals surface area contributed by atoms with Crippen molar-refractivity contribution in [3.05, 3.63) is 185 Å². The van der Waals surface area contributed by atoms with Gasteiger partial charge in [0.25, 0.3) is 0 Å².